The van der Waals surface area contributed by atoms with Crippen molar-refractivity contribution in [1.29, 1.82) is 0 Å². The van der Waals surface area contributed by atoms with Crippen molar-refractivity contribution in [3.05, 3.63) is 64.1 Å². The first-order valence-corrected chi connectivity index (χ1v) is 10.1. The summed E-state index contributed by atoms with van der Waals surface area (Å²) in [6, 6.07) is 13.7. The Morgan fingerprint density at radius 3 is 2.52 bits per heavy atom. The van der Waals surface area contributed by atoms with Gasteiger partial charge in [-0.3, -0.25) is 14.4 Å². The van der Waals surface area contributed by atoms with Crippen molar-refractivity contribution in [2.45, 2.75) is 12.8 Å². The maximum absolute atomic E-state index is 12.5. The molecule has 0 aromatic heterocycles. The lowest BCUT2D eigenvalue weighted by molar-refractivity contribution is -0.133. The van der Waals surface area contributed by atoms with Gasteiger partial charge in [-0.25, -0.2) is 0 Å². The van der Waals surface area contributed by atoms with Crippen molar-refractivity contribution >= 4 is 46.6 Å². The van der Waals surface area contributed by atoms with Gasteiger partial charge in [0.05, 0.1) is 22.5 Å². The number of para-hydroxylation sites is 1. The molecule has 0 spiro atoms. The number of rotatable bonds is 5. The summed E-state index contributed by atoms with van der Waals surface area (Å²) < 4.78 is 0. The van der Waals surface area contributed by atoms with Gasteiger partial charge < -0.3 is 15.5 Å². The summed E-state index contributed by atoms with van der Waals surface area (Å²) in [5, 5.41) is 6.10. The van der Waals surface area contributed by atoms with Crippen molar-refractivity contribution in [3.63, 3.8) is 0 Å². The summed E-state index contributed by atoms with van der Waals surface area (Å²) in [7, 11) is 0. The average Bonchev–Trinajstić information content (AvgIpc) is 2.74. The fraction of sp³-hybridized carbons (Fsp3) is 0.286. The van der Waals surface area contributed by atoms with Gasteiger partial charge in [0.2, 0.25) is 11.8 Å². The third-order valence-corrected chi connectivity index (χ3v) is 5.51. The molecule has 0 saturated carbocycles. The Hall–Kier alpha value is -2.57. The highest BCUT2D eigenvalue weighted by Crippen LogP contribution is 2.22. The quantitative estimate of drug-likeness (QED) is 0.755. The van der Waals surface area contributed by atoms with Crippen LogP contribution in [0, 0.1) is 5.92 Å². The number of piperidine rings is 1. The van der Waals surface area contributed by atoms with E-state index in [0.29, 0.717) is 23.7 Å². The summed E-state index contributed by atoms with van der Waals surface area (Å²) in [6.07, 6.45) is 1.46. The Bertz CT molecular complexity index is 905. The number of nitrogens with one attached hydrogen (secondary N) is 2. The van der Waals surface area contributed by atoms with Crippen LogP contribution < -0.4 is 10.6 Å². The molecule has 1 atom stereocenters. The van der Waals surface area contributed by atoms with E-state index in [4.69, 9.17) is 23.2 Å². The summed E-state index contributed by atoms with van der Waals surface area (Å²) in [6.45, 7) is 0.753. The zero-order valence-electron chi connectivity index (χ0n) is 15.7. The Kier molecular flexibility index (Phi) is 7.12. The maximum atomic E-state index is 12.5. The molecule has 1 aliphatic heterocycles. The molecule has 0 bridgehead atoms. The van der Waals surface area contributed by atoms with Crippen molar-refractivity contribution in [1.82, 2.24) is 10.2 Å². The predicted molar refractivity (Wildman–Crippen MR) is 113 cm³/mol. The van der Waals surface area contributed by atoms with Gasteiger partial charge in [-0.1, -0.05) is 41.4 Å². The maximum Gasteiger partial charge on any atom is 0.251 e. The smallest absolute Gasteiger partial charge is 0.251 e. The molecule has 3 amide bonds. The molecule has 1 aliphatic rings. The monoisotopic (exact) mass is 433 g/mol. The fourth-order valence-corrected chi connectivity index (χ4v) is 3.49. The van der Waals surface area contributed by atoms with Gasteiger partial charge in [-0.2, -0.15) is 0 Å². The molecule has 1 heterocycles. The molecule has 0 radical (unpaired) electrons. The Labute approximate surface area is 179 Å². The van der Waals surface area contributed by atoms with Crippen molar-refractivity contribution in [2.24, 2.45) is 5.92 Å². The normalized spacial score (nSPS) is 16.2. The number of hydrogen-bond donors (Lipinski definition) is 2. The van der Waals surface area contributed by atoms with E-state index < -0.39 is 5.91 Å². The number of hydrogen-bond acceptors (Lipinski definition) is 3. The molecule has 1 saturated heterocycles. The molecule has 2 N–H and O–H groups in total. The molecule has 8 heteroatoms. The molecule has 2 aromatic carbocycles. The largest absolute Gasteiger partial charge is 0.343 e. The minimum absolute atomic E-state index is 0.103. The highest BCUT2D eigenvalue weighted by atomic mass is 35.5. The number of carbonyl (C=O) groups excluding carboxylic acids is 3. The topological polar surface area (TPSA) is 78.5 Å². The van der Waals surface area contributed by atoms with Gasteiger partial charge in [0.25, 0.3) is 5.91 Å². The number of likely N-dealkylation sites (tertiary alicyclic amines) is 1. The third-order valence-electron chi connectivity index (χ3n) is 4.77. The van der Waals surface area contributed by atoms with Gasteiger partial charge in [0, 0.05) is 24.3 Å². The zero-order valence-corrected chi connectivity index (χ0v) is 17.2. The molecule has 152 valence electrons. The molecule has 1 unspecified atom stereocenters. The third kappa shape index (κ3) is 5.71. The lowest BCUT2D eigenvalue weighted by atomic mass is 9.97. The Morgan fingerprint density at radius 1 is 1.03 bits per heavy atom. The van der Waals surface area contributed by atoms with Crippen molar-refractivity contribution < 1.29 is 14.4 Å². The van der Waals surface area contributed by atoms with Crippen LogP contribution in [0.4, 0.5) is 5.69 Å². The Morgan fingerprint density at radius 2 is 1.79 bits per heavy atom. The van der Waals surface area contributed by atoms with Crippen molar-refractivity contribution in [2.75, 3.05) is 25.0 Å². The summed E-state index contributed by atoms with van der Waals surface area (Å²) in [5.74, 6) is -1.02. The fourth-order valence-electron chi connectivity index (χ4n) is 3.19. The molecule has 6 nitrogen and oxygen atoms in total. The minimum atomic E-state index is -0.410. The average molecular weight is 434 g/mol. The van der Waals surface area contributed by atoms with Crippen LogP contribution in [0.1, 0.15) is 23.2 Å². The number of anilines is 1. The van der Waals surface area contributed by atoms with Crippen LogP contribution in [-0.2, 0) is 9.59 Å². The molecule has 2 aromatic rings. The lowest BCUT2D eigenvalue weighted by Gasteiger charge is -2.32. The molecular weight excluding hydrogens is 413 g/mol. The van der Waals surface area contributed by atoms with E-state index in [0.717, 1.165) is 18.5 Å². The number of benzene rings is 2. The van der Waals surface area contributed by atoms with Gasteiger partial charge in [-0.05, 0) is 43.2 Å². The molecule has 1 fully saturated rings. The molecule has 0 aliphatic carbocycles. The van der Waals surface area contributed by atoms with Gasteiger partial charge in [0.15, 0.2) is 0 Å². The summed E-state index contributed by atoms with van der Waals surface area (Å²) in [5.41, 5.74) is 1.06. The Balaban J connectivity index is 1.52. The van der Waals surface area contributed by atoms with Crippen LogP contribution in [0.2, 0.25) is 10.0 Å². The van der Waals surface area contributed by atoms with Crippen LogP contribution in [-0.4, -0.2) is 42.3 Å². The first-order chi connectivity index (χ1) is 13.9. The van der Waals surface area contributed by atoms with Crippen LogP contribution in [0.25, 0.3) is 0 Å². The van der Waals surface area contributed by atoms with E-state index in [1.807, 2.05) is 30.3 Å². The molecular formula is C21H21Cl2N3O3. The van der Waals surface area contributed by atoms with Crippen LogP contribution in [0.3, 0.4) is 0 Å². The molecule has 3 rings (SSSR count). The number of amides is 3. The first-order valence-electron chi connectivity index (χ1n) is 9.31. The number of halogens is 2. The highest BCUT2D eigenvalue weighted by Gasteiger charge is 2.28. The molecule has 29 heavy (non-hydrogen) atoms. The second-order valence-electron chi connectivity index (χ2n) is 6.85. The first kappa shape index (κ1) is 21.1. The minimum Gasteiger partial charge on any atom is -0.343 e. The van der Waals surface area contributed by atoms with E-state index in [1.54, 1.807) is 11.0 Å². The van der Waals surface area contributed by atoms with Crippen LogP contribution >= 0.6 is 23.2 Å². The second kappa shape index (κ2) is 9.76. The SMILES string of the molecule is O=C(NCC(=O)N1CCCC(C(=O)Nc2ccccc2)C1)c1ccc(Cl)c(Cl)c1. The van der Waals surface area contributed by atoms with E-state index >= 15 is 0 Å². The van der Waals surface area contributed by atoms with E-state index in [2.05, 4.69) is 10.6 Å². The van der Waals surface area contributed by atoms with Crippen LogP contribution in [0.15, 0.2) is 48.5 Å². The van der Waals surface area contributed by atoms with E-state index in [9.17, 15) is 14.4 Å². The number of carbonyl (C=O) groups is 3. The second-order valence-corrected chi connectivity index (χ2v) is 7.66. The lowest BCUT2D eigenvalue weighted by Crippen LogP contribution is -2.47. The number of nitrogens with zero attached hydrogens (tertiary/aromatic N) is 1. The zero-order chi connectivity index (χ0) is 20.8. The van der Waals surface area contributed by atoms with Gasteiger partial charge in [0.1, 0.15) is 0 Å². The van der Waals surface area contributed by atoms with Gasteiger partial charge in [-0.15, -0.1) is 0 Å². The highest BCUT2D eigenvalue weighted by molar-refractivity contribution is 6.42. The van der Waals surface area contributed by atoms with Crippen molar-refractivity contribution in [3.8, 4) is 0 Å². The summed E-state index contributed by atoms with van der Waals surface area (Å²) in [4.78, 5) is 38.9. The van der Waals surface area contributed by atoms with Crippen LogP contribution in [0.5, 0.6) is 0 Å². The van der Waals surface area contributed by atoms with Gasteiger partial charge >= 0.3 is 0 Å². The van der Waals surface area contributed by atoms with E-state index in [-0.39, 0.29) is 29.3 Å². The predicted octanol–water partition coefficient (Wildman–Crippen LogP) is 3.60. The summed E-state index contributed by atoms with van der Waals surface area (Å²) >= 11 is 11.8. The van der Waals surface area contributed by atoms with E-state index in [1.165, 1.54) is 12.1 Å². The standard InChI is InChI=1S/C21H21Cl2N3O3/c22-17-9-8-14(11-18(17)23)20(28)24-12-19(27)26-10-4-5-15(13-26)21(29)25-16-6-2-1-3-7-16/h1-3,6-9,11,15H,4-5,10,12-13H2,(H,24,28)(H,25,29).